The van der Waals surface area contributed by atoms with Gasteiger partial charge in [0, 0.05) is 44.4 Å². The first-order valence-electron chi connectivity index (χ1n) is 10.1. The number of nitrogens with one attached hydrogen (secondary N) is 1. The lowest BCUT2D eigenvalue weighted by Gasteiger charge is -2.35. The molecule has 0 aliphatic carbocycles. The van der Waals surface area contributed by atoms with E-state index in [0.29, 0.717) is 45.0 Å². The maximum atomic E-state index is 12.6. The Hall–Kier alpha value is -2.59. The van der Waals surface area contributed by atoms with Crippen molar-refractivity contribution in [1.29, 1.82) is 0 Å². The highest BCUT2D eigenvalue weighted by Crippen LogP contribution is 2.19. The maximum Gasteiger partial charge on any atom is 0.220 e. The van der Waals surface area contributed by atoms with E-state index in [0.717, 1.165) is 23.8 Å². The molecule has 1 fully saturated rings. The number of ether oxygens (including phenoxy) is 1. The molecule has 3 rings (SSSR count). The molecule has 1 aromatic carbocycles. The predicted molar refractivity (Wildman–Crippen MR) is 115 cm³/mol. The Morgan fingerprint density at radius 2 is 1.97 bits per heavy atom. The van der Waals surface area contributed by atoms with Crippen LogP contribution in [0.25, 0.3) is 0 Å². The second-order valence-corrected chi connectivity index (χ2v) is 8.81. The summed E-state index contributed by atoms with van der Waals surface area (Å²) in [5, 5.41) is 7.02. The fraction of sp³-hybridized carbons (Fsp3) is 0.500. The summed E-state index contributed by atoms with van der Waals surface area (Å²) in [4.78, 5) is 6.85. The normalized spacial score (nSPS) is 15.9. The van der Waals surface area contributed by atoms with Gasteiger partial charge < -0.3 is 19.5 Å². The summed E-state index contributed by atoms with van der Waals surface area (Å²) < 4.78 is 37.2. The molecule has 0 atom stereocenters. The zero-order chi connectivity index (χ0) is 21.4. The number of nitrogens with zero attached hydrogens (tertiary/aromatic N) is 4. The van der Waals surface area contributed by atoms with Gasteiger partial charge in [-0.05, 0) is 19.9 Å². The van der Waals surface area contributed by atoms with E-state index >= 15 is 0 Å². The van der Waals surface area contributed by atoms with Gasteiger partial charge in [-0.1, -0.05) is 23.4 Å². The Morgan fingerprint density at radius 1 is 1.20 bits per heavy atom. The van der Waals surface area contributed by atoms with E-state index in [-0.39, 0.29) is 5.75 Å². The zero-order valence-corrected chi connectivity index (χ0v) is 18.3. The Bertz CT molecular complexity index is 922. The average Bonchev–Trinajstić information content (AvgIpc) is 3.25. The molecular formula is C20H29N5O4S. The summed E-state index contributed by atoms with van der Waals surface area (Å²) in [5.41, 5.74) is 1.43. The lowest BCUT2D eigenvalue weighted by atomic mass is 10.2. The molecule has 1 aromatic heterocycles. The Morgan fingerprint density at radius 3 is 2.63 bits per heavy atom. The van der Waals surface area contributed by atoms with Gasteiger partial charge in [0.05, 0.1) is 18.8 Å². The van der Waals surface area contributed by atoms with Crippen LogP contribution < -0.4 is 10.1 Å². The van der Waals surface area contributed by atoms with E-state index in [4.69, 9.17) is 14.3 Å². The number of piperazine rings is 1. The molecule has 0 amide bonds. The van der Waals surface area contributed by atoms with Crippen LogP contribution >= 0.6 is 0 Å². The lowest BCUT2D eigenvalue weighted by Crippen LogP contribution is -2.53. The van der Waals surface area contributed by atoms with Crippen LogP contribution in [0.15, 0.2) is 46.1 Å². The third-order valence-electron chi connectivity index (χ3n) is 4.76. The molecule has 2 heterocycles. The second-order valence-electron chi connectivity index (χ2n) is 6.84. The standard InChI is InChI=1S/C20H29N5O4S/c1-3-21-20(22-15-17-7-5-6-8-19(17)28-4-2)24-10-12-25(13-11-24)30(26,27)16-18-9-14-29-23-18/h5-9,14H,3-4,10-13,15-16H2,1-2H3,(H,21,22). The smallest absolute Gasteiger partial charge is 0.220 e. The van der Waals surface area contributed by atoms with E-state index < -0.39 is 10.0 Å². The molecule has 30 heavy (non-hydrogen) atoms. The number of hydrogen-bond donors (Lipinski definition) is 1. The topological polar surface area (TPSA) is 100 Å². The molecule has 1 N–H and O–H groups in total. The molecule has 0 unspecified atom stereocenters. The van der Waals surface area contributed by atoms with Crippen molar-refractivity contribution >= 4 is 16.0 Å². The minimum absolute atomic E-state index is 0.147. The van der Waals surface area contributed by atoms with Gasteiger partial charge in [0.2, 0.25) is 10.0 Å². The van der Waals surface area contributed by atoms with Crippen LogP contribution in [-0.2, 0) is 22.3 Å². The van der Waals surface area contributed by atoms with Crippen molar-refractivity contribution in [3.8, 4) is 5.75 Å². The number of hydrogen-bond acceptors (Lipinski definition) is 6. The predicted octanol–water partition coefficient (Wildman–Crippen LogP) is 1.69. The fourth-order valence-corrected chi connectivity index (χ4v) is 4.71. The third-order valence-corrected chi connectivity index (χ3v) is 6.57. The van der Waals surface area contributed by atoms with E-state index in [2.05, 4.69) is 15.4 Å². The lowest BCUT2D eigenvalue weighted by molar-refractivity contribution is 0.259. The Balaban J connectivity index is 1.63. The van der Waals surface area contributed by atoms with Gasteiger partial charge in [0.15, 0.2) is 5.96 Å². The Labute approximate surface area is 177 Å². The highest BCUT2D eigenvalue weighted by atomic mass is 32.2. The van der Waals surface area contributed by atoms with Crippen LogP contribution in [0.1, 0.15) is 25.1 Å². The van der Waals surface area contributed by atoms with Crippen molar-refractivity contribution < 1.29 is 17.7 Å². The van der Waals surface area contributed by atoms with Crippen molar-refractivity contribution in [3.63, 3.8) is 0 Å². The number of rotatable bonds is 8. The number of aliphatic imine (C=N–C) groups is 1. The number of aromatic nitrogens is 1. The first-order valence-corrected chi connectivity index (χ1v) is 11.8. The number of guanidine groups is 1. The molecule has 1 aliphatic heterocycles. The molecule has 0 bridgehead atoms. The molecule has 0 spiro atoms. The summed E-state index contributed by atoms with van der Waals surface area (Å²) >= 11 is 0. The fourth-order valence-electron chi connectivity index (χ4n) is 3.28. The minimum atomic E-state index is -3.43. The van der Waals surface area contributed by atoms with E-state index in [1.165, 1.54) is 10.6 Å². The summed E-state index contributed by atoms with van der Waals surface area (Å²) in [6.07, 6.45) is 1.38. The van der Waals surface area contributed by atoms with Crippen molar-refractivity contribution in [1.82, 2.24) is 19.7 Å². The van der Waals surface area contributed by atoms with E-state index in [1.807, 2.05) is 38.1 Å². The zero-order valence-electron chi connectivity index (χ0n) is 17.5. The van der Waals surface area contributed by atoms with Crippen molar-refractivity contribution in [2.45, 2.75) is 26.1 Å². The summed E-state index contributed by atoms with van der Waals surface area (Å²) in [7, 11) is -3.43. The molecule has 1 saturated heterocycles. The number of sulfonamides is 1. The summed E-state index contributed by atoms with van der Waals surface area (Å²) in [5.74, 6) is 1.46. The molecule has 0 radical (unpaired) electrons. The van der Waals surface area contributed by atoms with E-state index in [1.54, 1.807) is 6.07 Å². The summed E-state index contributed by atoms with van der Waals surface area (Å²) in [6.45, 7) is 7.74. The molecule has 1 aliphatic rings. The first kappa shape index (κ1) is 22.1. The van der Waals surface area contributed by atoms with Crippen molar-refractivity contribution in [3.05, 3.63) is 47.9 Å². The monoisotopic (exact) mass is 435 g/mol. The molecular weight excluding hydrogens is 406 g/mol. The van der Waals surface area contributed by atoms with Crippen LogP contribution in [0.2, 0.25) is 0 Å². The average molecular weight is 436 g/mol. The SMILES string of the molecule is CCNC(=NCc1ccccc1OCC)N1CCN(S(=O)(=O)Cc2ccon2)CC1. The molecule has 2 aromatic rings. The van der Waals surface area contributed by atoms with Gasteiger partial charge in [-0.25, -0.2) is 13.4 Å². The first-order chi connectivity index (χ1) is 14.5. The van der Waals surface area contributed by atoms with Crippen LogP contribution in [-0.4, -0.2) is 68.1 Å². The molecule has 9 nitrogen and oxygen atoms in total. The van der Waals surface area contributed by atoms with Gasteiger partial charge in [-0.2, -0.15) is 4.31 Å². The van der Waals surface area contributed by atoms with Crippen molar-refractivity contribution in [2.75, 3.05) is 39.3 Å². The number of para-hydroxylation sites is 1. The second kappa shape index (κ2) is 10.4. The van der Waals surface area contributed by atoms with Gasteiger partial charge in [-0.15, -0.1) is 0 Å². The summed E-state index contributed by atoms with van der Waals surface area (Å²) in [6, 6.07) is 9.44. The largest absolute Gasteiger partial charge is 0.494 e. The highest BCUT2D eigenvalue weighted by Gasteiger charge is 2.29. The molecule has 10 heteroatoms. The van der Waals surface area contributed by atoms with E-state index in [9.17, 15) is 8.42 Å². The Kier molecular flexibility index (Phi) is 7.69. The maximum absolute atomic E-state index is 12.6. The van der Waals surface area contributed by atoms with Gasteiger partial charge in [-0.3, -0.25) is 0 Å². The minimum Gasteiger partial charge on any atom is -0.494 e. The van der Waals surface area contributed by atoms with Gasteiger partial charge in [0.1, 0.15) is 17.8 Å². The molecule has 164 valence electrons. The third kappa shape index (κ3) is 5.73. The van der Waals surface area contributed by atoms with Crippen LogP contribution in [0, 0.1) is 0 Å². The van der Waals surface area contributed by atoms with Crippen molar-refractivity contribution in [2.24, 2.45) is 4.99 Å². The number of benzene rings is 1. The van der Waals surface area contributed by atoms with Gasteiger partial charge in [0.25, 0.3) is 0 Å². The van der Waals surface area contributed by atoms with Crippen LogP contribution in [0.3, 0.4) is 0 Å². The quantitative estimate of drug-likeness (QED) is 0.497. The molecule has 0 saturated carbocycles. The van der Waals surface area contributed by atoms with Crippen LogP contribution in [0.5, 0.6) is 5.75 Å². The van der Waals surface area contributed by atoms with Gasteiger partial charge >= 0.3 is 0 Å². The highest BCUT2D eigenvalue weighted by molar-refractivity contribution is 7.88. The van der Waals surface area contributed by atoms with Crippen LogP contribution in [0.4, 0.5) is 0 Å².